The Morgan fingerprint density at radius 3 is 2.72 bits per heavy atom. The number of aromatic nitrogens is 3. The number of anilines is 1. The number of thioether (sulfide) groups is 1. The van der Waals surface area contributed by atoms with E-state index >= 15 is 0 Å². The normalized spacial score (nSPS) is 17.0. The van der Waals surface area contributed by atoms with Crippen LogP contribution >= 0.6 is 11.8 Å². The maximum absolute atomic E-state index is 13.1. The summed E-state index contributed by atoms with van der Waals surface area (Å²) in [7, 11) is 4.16. The predicted octanol–water partition coefficient (Wildman–Crippen LogP) is 4.16. The predicted molar refractivity (Wildman–Crippen MR) is 119 cm³/mol. The molecule has 1 aromatic heterocycles. The number of carbonyl (C=O) groups is 1. The number of carbonyl (C=O) groups excluding carboxylic acids is 1. The summed E-state index contributed by atoms with van der Waals surface area (Å²) in [6.45, 7) is 7.37. The van der Waals surface area contributed by atoms with Crippen molar-refractivity contribution in [2.24, 2.45) is 0 Å². The van der Waals surface area contributed by atoms with Crippen molar-refractivity contribution in [3.05, 3.63) is 35.7 Å². The number of fused-ring (bicyclic) bond motifs is 1. The first-order valence-corrected chi connectivity index (χ1v) is 11.6. The molecule has 0 aliphatic carbocycles. The standard InChI is InChI=1S/C22H33N5OS/c1-6-8-13-26-21(18(7-2)25(4)5)23-24-22(26)29-15-20(28)27-16(3)14-17-11-9-10-12-19(17)27/h9-12,16,18H,6-8,13-15H2,1-5H3. The first-order chi connectivity index (χ1) is 14.0. The fourth-order valence-corrected chi connectivity index (χ4v) is 4.93. The number of hydrogen-bond donors (Lipinski definition) is 0. The second kappa shape index (κ2) is 9.76. The van der Waals surface area contributed by atoms with E-state index in [0.29, 0.717) is 5.75 Å². The molecular formula is C22H33N5OS. The van der Waals surface area contributed by atoms with Crippen LogP contribution in [0.3, 0.4) is 0 Å². The molecule has 158 valence electrons. The van der Waals surface area contributed by atoms with Gasteiger partial charge in [-0.25, -0.2) is 0 Å². The van der Waals surface area contributed by atoms with Gasteiger partial charge in [-0.1, -0.05) is 50.2 Å². The van der Waals surface area contributed by atoms with Crippen LogP contribution < -0.4 is 4.90 Å². The van der Waals surface area contributed by atoms with E-state index in [9.17, 15) is 4.79 Å². The van der Waals surface area contributed by atoms with Crippen molar-refractivity contribution in [1.29, 1.82) is 0 Å². The lowest BCUT2D eigenvalue weighted by molar-refractivity contribution is -0.116. The fraction of sp³-hybridized carbons (Fsp3) is 0.591. The summed E-state index contributed by atoms with van der Waals surface area (Å²) in [6, 6.07) is 8.64. The molecule has 1 aliphatic rings. The minimum absolute atomic E-state index is 0.138. The Hall–Kier alpha value is -1.86. The van der Waals surface area contributed by atoms with Gasteiger partial charge in [-0.3, -0.25) is 9.69 Å². The van der Waals surface area contributed by atoms with Gasteiger partial charge in [0.25, 0.3) is 0 Å². The van der Waals surface area contributed by atoms with Crippen molar-refractivity contribution in [3.63, 3.8) is 0 Å². The summed E-state index contributed by atoms with van der Waals surface area (Å²) in [4.78, 5) is 17.2. The van der Waals surface area contributed by atoms with Gasteiger partial charge in [0.2, 0.25) is 5.91 Å². The van der Waals surface area contributed by atoms with Crippen molar-refractivity contribution >= 4 is 23.4 Å². The Morgan fingerprint density at radius 1 is 1.28 bits per heavy atom. The van der Waals surface area contributed by atoms with Crippen LogP contribution in [0.5, 0.6) is 0 Å². The Labute approximate surface area is 178 Å². The molecule has 2 atom stereocenters. The average Bonchev–Trinajstić information content (AvgIpc) is 3.24. The van der Waals surface area contributed by atoms with Crippen LogP contribution in [0.1, 0.15) is 57.5 Å². The molecule has 0 radical (unpaired) electrons. The molecule has 7 heteroatoms. The van der Waals surface area contributed by atoms with E-state index in [-0.39, 0.29) is 18.0 Å². The highest BCUT2D eigenvalue weighted by atomic mass is 32.2. The van der Waals surface area contributed by atoms with Gasteiger partial charge in [-0.05, 0) is 51.9 Å². The van der Waals surface area contributed by atoms with Crippen LogP contribution in [-0.2, 0) is 17.8 Å². The van der Waals surface area contributed by atoms with Crippen LogP contribution in [0, 0.1) is 0 Å². The highest BCUT2D eigenvalue weighted by Crippen LogP contribution is 2.33. The molecule has 6 nitrogen and oxygen atoms in total. The van der Waals surface area contributed by atoms with E-state index in [2.05, 4.69) is 60.6 Å². The molecule has 0 saturated heterocycles. The number of unbranched alkanes of at least 4 members (excludes halogenated alkanes) is 1. The number of hydrogen-bond acceptors (Lipinski definition) is 5. The van der Waals surface area contributed by atoms with Gasteiger partial charge in [0, 0.05) is 18.3 Å². The van der Waals surface area contributed by atoms with Crippen LogP contribution in [0.2, 0.25) is 0 Å². The number of amides is 1. The van der Waals surface area contributed by atoms with Gasteiger partial charge in [0.15, 0.2) is 11.0 Å². The summed E-state index contributed by atoms with van der Waals surface area (Å²) in [6.07, 6.45) is 4.09. The molecule has 3 rings (SSSR count). The lowest BCUT2D eigenvalue weighted by Crippen LogP contribution is -2.37. The minimum Gasteiger partial charge on any atom is -0.308 e. The maximum atomic E-state index is 13.1. The smallest absolute Gasteiger partial charge is 0.237 e. The Morgan fingerprint density at radius 2 is 2.03 bits per heavy atom. The van der Waals surface area contributed by atoms with E-state index < -0.39 is 0 Å². The van der Waals surface area contributed by atoms with Gasteiger partial charge in [0.1, 0.15) is 0 Å². The van der Waals surface area contributed by atoms with Crippen molar-refractivity contribution in [1.82, 2.24) is 19.7 Å². The zero-order valence-electron chi connectivity index (χ0n) is 18.3. The molecule has 0 spiro atoms. The highest BCUT2D eigenvalue weighted by molar-refractivity contribution is 7.99. The molecular weight excluding hydrogens is 382 g/mol. The number of nitrogens with zero attached hydrogens (tertiary/aromatic N) is 5. The third-order valence-electron chi connectivity index (χ3n) is 5.59. The molecule has 2 heterocycles. The first kappa shape index (κ1) is 21.8. The van der Waals surface area contributed by atoms with E-state index in [1.54, 1.807) is 0 Å². The highest BCUT2D eigenvalue weighted by Gasteiger charge is 2.31. The van der Waals surface area contributed by atoms with Gasteiger partial charge in [0.05, 0.1) is 11.8 Å². The monoisotopic (exact) mass is 415 g/mol. The summed E-state index contributed by atoms with van der Waals surface area (Å²) in [5.74, 6) is 1.52. The number of rotatable bonds is 9. The molecule has 1 aliphatic heterocycles. The molecule has 0 saturated carbocycles. The van der Waals surface area contributed by atoms with Crippen LogP contribution in [-0.4, -0.2) is 51.5 Å². The Bertz CT molecular complexity index is 834. The third-order valence-corrected chi connectivity index (χ3v) is 6.54. The molecule has 0 N–H and O–H groups in total. The van der Waals surface area contributed by atoms with Crippen molar-refractivity contribution in [2.45, 2.75) is 70.2 Å². The zero-order chi connectivity index (χ0) is 21.0. The molecule has 2 unspecified atom stereocenters. The van der Waals surface area contributed by atoms with E-state index in [4.69, 9.17) is 0 Å². The minimum atomic E-state index is 0.138. The van der Waals surface area contributed by atoms with E-state index in [1.165, 1.54) is 17.3 Å². The zero-order valence-corrected chi connectivity index (χ0v) is 19.1. The Kier molecular flexibility index (Phi) is 7.35. The van der Waals surface area contributed by atoms with Crippen LogP contribution in [0.4, 0.5) is 5.69 Å². The lowest BCUT2D eigenvalue weighted by Gasteiger charge is -2.24. The summed E-state index contributed by atoms with van der Waals surface area (Å²) in [5, 5.41) is 9.82. The fourth-order valence-electron chi connectivity index (χ4n) is 4.10. The second-order valence-electron chi connectivity index (χ2n) is 7.97. The number of benzene rings is 1. The van der Waals surface area contributed by atoms with E-state index in [1.807, 2.05) is 23.1 Å². The quantitative estimate of drug-likeness (QED) is 0.576. The van der Waals surface area contributed by atoms with Gasteiger partial charge in [-0.2, -0.15) is 0 Å². The molecule has 0 fully saturated rings. The summed E-state index contributed by atoms with van der Waals surface area (Å²) >= 11 is 1.51. The Balaban J connectivity index is 1.76. The first-order valence-electron chi connectivity index (χ1n) is 10.6. The molecule has 0 bridgehead atoms. The van der Waals surface area contributed by atoms with Gasteiger partial charge in [-0.15, -0.1) is 10.2 Å². The molecule has 2 aromatic rings. The molecule has 1 aromatic carbocycles. The van der Waals surface area contributed by atoms with Crippen LogP contribution in [0.25, 0.3) is 0 Å². The average molecular weight is 416 g/mol. The topological polar surface area (TPSA) is 54.3 Å². The van der Waals surface area contributed by atoms with Crippen molar-refractivity contribution in [3.8, 4) is 0 Å². The maximum Gasteiger partial charge on any atom is 0.237 e. The largest absolute Gasteiger partial charge is 0.308 e. The molecule has 1 amide bonds. The lowest BCUT2D eigenvalue weighted by atomic mass is 10.1. The van der Waals surface area contributed by atoms with Crippen molar-refractivity contribution < 1.29 is 4.79 Å². The number of para-hydroxylation sites is 1. The third kappa shape index (κ3) is 4.67. The molecule has 29 heavy (non-hydrogen) atoms. The van der Waals surface area contributed by atoms with Gasteiger partial charge >= 0.3 is 0 Å². The summed E-state index contributed by atoms with van der Waals surface area (Å²) in [5.41, 5.74) is 2.31. The summed E-state index contributed by atoms with van der Waals surface area (Å²) < 4.78 is 2.22. The van der Waals surface area contributed by atoms with Crippen LogP contribution in [0.15, 0.2) is 29.4 Å². The SMILES string of the molecule is CCCCn1c(SCC(=O)N2c3ccccc3CC2C)nnc1C(CC)N(C)C. The van der Waals surface area contributed by atoms with E-state index in [0.717, 1.165) is 48.9 Å². The van der Waals surface area contributed by atoms with Crippen molar-refractivity contribution in [2.75, 3.05) is 24.7 Å². The van der Waals surface area contributed by atoms with Gasteiger partial charge < -0.3 is 9.47 Å². The second-order valence-corrected chi connectivity index (χ2v) is 8.91.